The van der Waals surface area contributed by atoms with Crippen LogP contribution in [0.2, 0.25) is 0 Å². The highest BCUT2D eigenvalue weighted by atomic mass is 19.4. The van der Waals surface area contributed by atoms with Crippen molar-refractivity contribution in [2.75, 3.05) is 0 Å². The summed E-state index contributed by atoms with van der Waals surface area (Å²) in [4.78, 5) is 0. The van der Waals surface area contributed by atoms with E-state index < -0.39 is 11.9 Å². The number of alkyl halides is 3. The summed E-state index contributed by atoms with van der Waals surface area (Å²) in [5, 5.41) is 3.37. The van der Waals surface area contributed by atoms with E-state index in [0.717, 1.165) is 6.07 Å². The molecule has 5 heteroatoms. The first kappa shape index (κ1) is 9.83. The molecular formula is C8H9F3N2. The Balaban J connectivity index is 2.93. The van der Waals surface area contributed by atoms with Gasteiger partial charge in [-0.25, -0.2) is 0 Å². The maximum atomic E-state index is 12.1. The van der Waals surface area contributed by atoms with Crippen molar-refractivity contribution in [1.29, 1.82) is 0 Å². The second kappa shape index (κ2) is 3.24. The third kappa shape index (κ3) is 2.11. The van der Waals surface area contributed by atoms with Gasteiger partial charge in [-0.2, -0.15) is 18.3 Å². The van der Waals surface area contributed by atoms with Crippen LogP contribution in [-0.2, 0) is 6.18 Å². The van der Waals surface area contributed by atoms with Gasteiger partial charge in [0.2, 0.25) is 0 Å². The van der Waals surface area contributed by atoms with Gasteiger partial charge in [0.15, 0.2) is 5.69 Å². The molecule has 0 N–H and O–H groups in total. The lowest BCUT2D eigenvalue weighted by Gasteiger charge is -2.06. The molecule has 1 heterocycles. The van der Waals surface area contributed by atoms with Crippen molar-refractivity contribution in [3.63, 3.8) is 0 Å². The van der Waals surface area contributed by atoms with E-state index in [0.29, 0.717) is 0 Å². The number of aromatic nitrogens is 2. The maximum absolute atomic E-state index is 12.1. The molecule has 0 spiro atoms. The van der Waals surface area contributed by atoms with Crippen LogP contribution in [0.4, 0.5) is 13.2 Å². The SMILES string of the molecule is C=CC(C)n1ccc(C(F)(F)F)n1. The average Bonchev–Trinajstić information content (AvgIpc) is 2.50. The van der Waals surface area contributed by atoms with Gasteiger partial charge >= 0.3 is 6.18 Å². The normalized spacial score (nSPS) is 14.2. The molecule has 1 aromatic rings. The lowest BCUT2D eigenvalue weighted by Crippen LogP contribution is -2.09. The third-order valence-electron chi connectivity index (χ3n) is 1.66. The maximum Gasteiger partial charge on any atom is 0.435 e. The summed E-state index contributed by atoms with van der Waals surface area (Å²) in [6.07, 6.45) is -1.56. The summed E-state index contributed by atoms with van der Waals surface area (Å²) >= 11 is 0. The zero-order valence-electron chi connectivity index (χ0n) is 7.04. The zero-order valence-corrected chi connectivity index (χ0v) is 7.04. The second-order valence-electron chi connectivity index (χ2n) is 2.66. The molecule has 0 saturated heterocycles. The summed E-state index contributed by atoms with van der Waals surface area (Å²) < 4.78 is 37.4. The summed E-state index contributed by atoms with van der Waals surface area (Å²) in [7, 11) is 0. The van der Waals surface area contributed by atoms with Gasteiger partial charge in [0, 0.05) is 6.20 Å². The summed E-state index contributed by atoms with van der Waals surface area (Å²) in [5.74, 6) is 0. The van der Waals surface area contributed by atoms with Crippen LogP contribution in [0.3, 0.4) is 0 Å². The number of halogens is 3. The predicted molar refractivity (Wildman–Crippen MR) is 42.1 cm³/mol. The molecule has 0 fully saturated rings. The second-order valence-corrected chi connectivity index (χ2v) is 2.66. The highest BCUT2D eigenvalue weighted by Gasteiger charge is 2.33. The van der Waals surface area contributed by atoms with Crippen LogP contribution in [0.25, 0.3) is 0 Å². The van der Waals surface area contributed by atoms with Crippen molar-refractivity contribution < 1.29 is 13.2 Å². The van der Waals surface area contributed by atoms with Crippen molar-refractivity contribution in [2.45, 2.75) is 19.1 Å². The molecular weight excluding hydrogens is 181 g/mol. The van der Waals surface area contributed by atoms with E-state index in [-0.39, 0.29) is 6.04 Å². The molecule has 0 aliphatic carbocycles. The van der Waals surface area contributed by atoms with E-state index in [9.17, 15) is 13.2 Å². The van der Waals surface area contributed by atoms with Gasteiger partial charge in [-0.15, -0.1) is 6.58 Å². The fraction of sp³-hybridized carbons (Fsp3) is 0.375. The molecule has 13 heavy (non-hydrogen) atoms. The van der Waals surface area contributed by atoms with Crippen LogP contribution in [0, 0.1) is 0 Å². The fourth-order valence-electron chi connectivity index (χ4n) is 0.824. The van der Waals surface area contributed by atoms with Gasteiger partial charge in [-0.1, -0.05) is 6.08 Å². The molecule has 72 valence electrons. The highest BCUT2D eigenvalue weighted by molar-refractivity contribution is 5.04. The van der Waals surface area contributed by atoms with Crippen molar-refractivity contribution in [3.8, 4) is 0 Å². The zero-order chi connectivity index (χ0) is 10.1. The molecule has 0 saturated carbocycles. The van der Waals surface area contributed by atoms with Crippen molar-refractivity contribution in [2.24, 2.45) is 0 Å². The Labute approximate surface area is 73.7 Å². The van der Waals surface area contributed by atoms with E-state index in [1.54, 1.807) is 6.92 Å². The lowest BCUT2D eigenvalue weighted by molar-refractivity contribution is -0.141. The topological polar surface area (TPSA) is 17.8 Å². The number of rotatable bonds is 2. The van der Waals surface area contributed by atoms with E-state index in [2.05, 4.69) is 11.7 Å². The quantitative estimate of drug-likeness (QED) is 0.655. The van der Waals surface area contributed by atoms with Gasteiger partial charge in [-0.3, -0.25) is 4.68 Å². The molecule has 0 amide bonds. The van der Waals surface area contributed by atoms with Crippen LogP contribution in [0.5, 0.6) is 0 Å². The molecule has 0 aliphatic rings. The first-order chi connectivity index (χ1) is 5.95. The van der Waals surface area contributed by atoms with Crippen molar-refractivity contribution in [1.82, 2.24) is 9.78 Å². The standard InChI is InChI=1S/C8H9F3N2/c1-3-6(2)13-5-4-7(12-13)8(9,10)11/h3-6H,1H2,2H3. The van der Waals surface area contributed by atoms with Crippen LogP contribution in [0.15, 0.2) is 24.9 Å². The molecule has 0 radical (unpaired) electrons. The number of hydrogen-bond acceptors (Lipinski definition) is 1. The van der Waals surface area contributed by atoms with Crippen LogP contribution in [-0.4, -0.2) is 9.78 Å². The fourth-order valence-corrected chi connectivity index (χ4v) is 0.824. The summed E-state index contributed by atoms with van der Waals surface area (Å²) in [5.41, 5.74) is -0.874. The largest absolute Gasteiger partial charge is 0.435 e. The number of nitrogens with zero attached hydrogens (tertiary/aromatic N) is 2. The minimum absolute atomic E-state index is 0.226. The first-order valence-corrected chi connectivity index (χ1v) is 3.70. The molecule has 1 rings (SSSR count). The molecule has 0 aromatic carbocycles. The van der Waals surface area contributed by atoms with E-state index in [4.69, 9.17) is 0 Å². The van der Waals surface area contributed by atoms with Crippen LogP contribution < -0.4 is 0 Å². The van der Waals surface area contributed by atoms with Crippen LogP contribution >= 0.6 is 0 Å². The lowest BCUT2D eigenvalue weighted by atomic mass is 10.3. The predicted octanol–water partition coefficient (Wildman–Crippen LogP) is 2.65. The Bertz CT molecular complexity index is 301. The molecule has 0 bridgehead atoms. The minimum atomic E-state index is -4.37. The third-order valence-corrected chi connectivity index (χ3v) is 1.66. The van der Waals surface area contributed by atoms with Gasteiger partial charge in [-0.05, 0) is 13.0 Å². The van der Waals surface area contributed by atoms with E-state index >= 15 is 0 Å². The Morgan fingerprint density at radius 3 is 2.62 bits per heavy atom. The van der Waals surface area contributed by atoms with Gasteiger partial charge in [0.1, 0.15) is 0 Å². The monoisotopic (exact) mass is 190 g/mol. The van der Waals surface area contributed by atoms with Crippen LogP contribution in [0.1, 0.15) is 18.7 Å². The Hall–Kier alpha value is -1.26. The first-order valence-electron chi connectivity index (χ1n) is 3.70. The van der Waals surface area contributed by atoms with Crippen molar-refractivity contribution in [3.05, 3.63) is 30.6 Å². The molecule has 2 nitrogen and oxygen atoms in total. The molecule has 1 atom stereocenters. The average molecular weight is 190 g/mol. The number of hydrogen-bond donors (Lipinski definition) is 0. The van der Waals surface area contributed by atoms with Gasteiger partial charge in [0.05, 0.1) is 6.04 Å². The smallest absolute Gasteiger partial charge is 0.266 e. The minimum Gasteiger partial charge on any atom is -0.266 e. The summed E-state index contributed by atoms with van der Waals surface area (Å²) in [6, 6.07) is 0.719. The van der Waals surface area contributed by atoms with Crippen molar-refractivity contribution >= 4 is 0 Å². The number of allylic oxidation sites excluding steroid dienone is 1. The van der Waals surface area contributed by atoms with Gasteiger partial charge < -0.3 is 0 Å². The molecule has 1 unspecified atom stereocenters. The van der Waals surface area contributed by atoms with Gasteiger partial charge in [0.25, 0.3) is 0 Å². The summed E-state index contributed by atoms with van der Waals surface area (Å²) in [6.45, 7) is 5.17. The highest BCUT2D eigenvalue weighted by Crippen LogP contribution is 2.27. The Kier molecular flexibility index (Phi) is 2.45. The Morgan fingerprint density at radius 2 is 2.23 bits per heavy atom. The molecule has 0 aliphatic heterocycles. The molecule has 1 aromatic heterocycles. The Morgan fingerprint density at radius 1 is 1.62 bits per heavy atom. The van der Waals surface area contributed by atoms with E-state index in [1.165, 1.54) is 17.0 Å². The van der Waals surface area contributed by atoms with E-state index in [1.807, 2.05) is 0 Å².